The molecule has 0 aromatic heterocycles. The molecule has 0 saturated heterocycles. The van der Waals surface area contributed by atoms with Gasteiger partial charge in [0.2, 0.25) is 10.0 Å². The van der Waals surface area contributed by atoms with E-state index in [1.54, 1.807) is 6.92 Å². The topological polar surface area (TPSA) is 110 Å². The van der Waals surface area contributed by atoms with E-state index < -0.39 is 28.0 Å². The number of ether oxygens (including phenoxy) is 1. The van der Waals surface area contributed by atoms with Gasteiger partial charge < -0.3 is 9.84 Å². The van der Waals surface area contributed by atoms with Crippen LogP contribution in [0, 0.1) is 6.92 Å². The van der Waals surface area contributed by atoms with Crippen molar-refractivity contribution in [3.63, 3.8) is 0 Å². The highest BCUT2D eigenvalue weighted by molar-refractivity contribution is 7.89. The molecular formula is C12H15NO6S. The van der Waals surface area contributed by atoms with E-state index in [1.807, 2.05) is 4.72 Å². The number of nitrogens with one attached hydrogen (secondary N) is 1. The number of carbonyl (C=O) groups excluding carboxylic acids is 1. The van der Waals surface area contributed by atoms with Gasteiger partial charge in [-0.1, -0.05) is 6.07 Å². The van der Waals surface area contributed by atoms with E-state index in [-0.39, 0.29) is 10.5 Å². The molecule has 1 aromatic rings. The maximum Gasteiger partial charge on any atom is 0.338 e. The Hall–Kier alpha value is -1.93. The molecule has 0 fully saturated rings. The molecule has 1 aromatic carbocycles. The van der Waals surface area contributed by atoms with Gasteiger partial charge in [0.05, 0.1) is 17.6 Å². The summed E-state index contributed by atoms with van der Waals surface area (Å²) in [5, 5.41) is 8.72. The Morgan fingerprint density at radius 2 is 1.95 bits per heavy atom. The number of aliphatic carboxylic acids is 1. The first kappa shape index (κ1) is 16.1. The van der Waals surface area contributed by atoms with Crippen LogP contribution in [0.2, 0.25) is 0 Å². The molecule has 0 aliphatic rings. The normalized spacial score (nSPS) is 12.8. The average Bonchev–Trinajstić information content (AvgIpc) is 2.37. The Balaban J connectivity index is 3.20. The molecule has 0 amide bonds. The van der Waals surface area contributed by atoms with Crippen molar-refractivity contribution >= 4 is 22.0 Å². The molecule has 7 nitrogen and oxygen atoms in total. The van der Waals surface area contributed by atoms with Crippen LogP contribution in [0.1, 0.15) is 22.8 Å². The highest BCUT2D eigenvalue weighted by Gasteiger charge is 2.23. The van der Waals surface area contributed by atoms with Crippen molar-refractivity contribution in [2.75, 3.05) is 7.11 Å². The molecule has 1 rings (SSSR count). The lowest BCUT2D eigenvalue weighted by Crippen LogP contribution is -2.38. The number of hydrogen-bond donors (Lipinski definition) is 2. The second-order valence-electron chi connectivity index (χ2n) is 4.15. The monoisotopic (exact) mass is 301 g/mol. The summed E-state index contributed by atoms with van der Waals surface area (Å²) in [6.07, 6.45) is 0. The van der Waals surface area contributed by atoms with Crippen molar-refractivity contribution in [1.29, 1.82) is 0 Å². The number of esters is 1. The number of rotatable bonds is 5. The summed E-state index contributed by atoms with van der Waals surface area (Å²) in [6.45, 7) is 2.84. The smallest absolute Gasteiger partial charge is 0.338 e. The van der Waals surface area contributed by atoms with E-state index in [9.17, 15) is 18.0 Å². The predicted octanol–water partition coefficient (Wildman–Crippen LogP) is 0.533. The van der Waals surface area contributed by atoms with E-state index in [0.29, 0.717) is 5.56 Å². The second kappa shape index (κ2) is 6.02. The zero-order valence-electron chi connectivity index (χ0n) is 11.2. The van der Waals surface area contributed by atoms with Crippen molar-refractivity contribution in [3.05, 3.63) is 29.3 Å². The minimum Gasteiger partial charge on any atom is -0.480 e. The third-order valence-electron chi connectivity index (χ3n) is 2.63. The standard InChI is InChI=1S/C12H15NO6S/c1-7-4-5-9(6-10(7)12(16)19-3)20(17,18)13-8(2)11(14)15/h4-6,8,13H,1-3H3,(H,14,15)/t8-/m0/s1. The van der Waals surface area contributed by atoms with Gasteiger partial charge >= 0.3 is 11.9 Å². The Bertz CT molecular complexity index is 637. The molecule has 8 heteroatoms. The predicted molar refractivity (Wildman–Crippen MR) is 69.9 cm³/mol. The minimum atomic E-state index is -4.02. The van der Waals surface area contributed by atoms with Crippen LogP contribution in [0.4, 0.5) is 0 Å². The summed E-state index contributed by atoms with van der Waals surface area (Å²) in [5.41, 5.74) is 0.667. The summed E-state index contributed by atoms with van der Waals surface area (Å²) in [4.78, 5) is 22.0. The van der Waals surface area contributed by atoms with Gasteiger partial charge in [0.25, 0.3) is 0 Å². The fourth-order valence-electron chi connectivity index (χ4n) is 1.45. The highest BCUT2D eigenvalue weighted by Crippen LogP contribution is 2.16. The molecule has 0 aliphatic heterocycles. The molecule has 20 heavy (non-hydrogen) atoms. The van der Waals surface area contributed by atoms with Crippen molar-refractivity contribution < 1.29 is 27.9 Å². The summed E-state index contributed by atoms with van der Waals surface area (Å²) >= 11 is 0. The van der Waals surface area contributed by atoms with Gasteiger partial charge in [-0.2, -0.15) is 4.72 Å². The Morgan fingerprint density at radius 3 is 2.45 bits per heavy atom. The third-order valence-corrected chi connectivity index (χ3v) is 4.17. The molecule has 0 saturated carbocycles. The maximum absolute atomic E-state index is 12.0. The van der Waals surface area contributed by atoms with Gasteiger partial charge in [0.15, 0.2) is 0 Å². The number of sulfonamides is 1. The van der Waals surface area contributed by atoms with Gasteiger partial charge in [-0.15, -0.1) is 0 Å². The van der Waals surface area contributed by atoms with Crippen molar-refractivity contribution in [1.82, 2.24) is 4.72 Å². The average molecular weight is 301 g/mol. The van der Waals surface area contributed by atoms with Crippen LogP contribution >= 0.6 is 0 Å². The van der Waals surface area contributed by atoms with Crippen LogP contribution in [0.3, 0.4) is 0 Å². The number of benzene rings is 1. The maximum atomic E-state index is 12.0. The zero-order valence-corrected chi connectivity index (χ0v) is 12.0. The van der Waals surface area contributed by atoms with E-state index >= 15 is 0 Å². The van der Waals surface area contributed by atoms with Gasteiger partial charge in [-0.3, -0.25) is 4.79 Å². The fourth-order valence-corrected chi connectivity index (χ4v) is 2.67. The van der Waals surface area contributed by atoms with Crippen molar-refractivity contribution in [2.24, 2.45) is 0 Å². The first-order valence-corrected chi connectivity index (χ1v) is 7.11. The summed E-state index contributed by atoms with van der Waals surface area (Å²) in [7, 11) is -2.84. The molecule has 2 N–H and O–H groups in total. The number of carbonyl (C=O) groups is 2. The Kier molecular flexibility index (Phi) is 4.85. The number of carboxylic acids is 1. The first-order chi connectivity index (χ1) is 9.19. The Morgan fingerprint density at radius 1 is 1.35 bits per heavy atom. The van der Waals surface area contributed by atoms with Crippen LogP contribution in [0.25, 0.3) is 0 Å². The quantitative estimate of drug-likeness (QED) is 0.768. The number of carboxylic acid groups (broad SMARTS) is 1. The number of methoxy groups -OCH3 is 1. The van der Waals surface area contributed by atoms with Crippen LogP contribution in [-0.2, 0) is 19.6 Å². The number of aryl methyl sites for hydroxylation is 1. The van der Waals surface area contributed by atoms with Gasteiger partial charge in [-0.05, 0) is 31.5 Å². The molecule has 0 radical (unpaired) electrons. The Labute approximate surface area is 116 Å². The van der Waals surface area contributed by atoms with E-state index in [2.05, 4.69) is 4.74 Å². The largest absolute Gasteiger partial charge is 0.480 e. The fraction of sp³-hybridized carbons (Fsp3) is 0.333. The molecule has 110 valence electrons. The highest BCUT2D eigenvalue weighted by atomic mass is 32.2. The summed E-state index contributed by atoms with van der Waals surface area (Å²) in [6, 6.07) is 2.62. The molecule has 1 atom stereocenters. The third kappa shape index (κ3) is 3.55. The van der Waals surface area contributed by atoms with Crippen molar-refractivity contribution in [2.45, 2.75) is 24.8 Å². The number of hydrogen-bond acceptors (Lipinski definition) is 5. The first-order valence-electron chi connectivity index (χ1n) is 5.63. The van der Waals surface area contributed by atoms with Crippen LogP contribution < -0.4 is 4.72 Å². The lowest BCUT2D eigenvalue weighted by molar-refractivity contribution is -0.138. The van der Waals surface area contributed by atoms with Gasteiger partial charge in [0, 0.05) is 0 Å². The molecule has 0 aliphatic carbocycles. The SMILES string of the molecule is COC(=O)c1cc(S(=O)(=O)N[C@@H](C)C(=O)O)ccc1C. The van der Waals surface area contributed by atoms with Crippen LogP contribution in [-0.4, -0.2) is 38.6 Å². The lowest BCUT2D eigenvalue weighted by atomic mass is 10.1. The zero-order chi connectivity index (χ0) is 15.5. The van der Waals surface area contributed by atoms with E-state index in [4.69, 9.17) is 5.11 Å². The molecule has 0 heterocycles. The van der Waals surface area contributed by atoms with Gasteiger partial charge in [0.1, 0.15) is 6.04 Å². The minimum absolute atomic E-state index is 0.110. The second-order valence-corrected chi connectivity index (χ2v) is 5.86. The molecule has 0 bridgehead atoms. The molecule has 0 unspecified atom stereocenters. The summed E-state index contributed by atoms with van der Waals surface area (Å²) in [5.74, 6) is -1.96. The lowest BCUT2D eigenvalue weighted by Gasteiger charge is -2.12. The van der Waals surface area contributed by atoms with E-state index in [0.717, 1.165) is 6.07 Å². The molecular weight excluding hydrogens is 286 g/mol. The van der Waals surface area contributed by atoms with Crippen molar-refractivity contribution in [3.8, 4) is 0 Å². The van der Waals surface area contributed by atoms with Gasteiger partial charge in [-0.25, -0.2) is 13.2 Å². The van der Waals surface area contributed by atoms with Crippen LogP contribution in [0.15, 0.2) is 23.1 Å². The summed E-state index contributed by atoms with van der Waals surface area (Å²) < 4.78 is 30.5. The van der Waals surface area contributed by atoms with Crippen LogP contribution in [0.5, 0.6) is 0 Å². The van der Waals surface area contributed by atoms with E-state index in [1.165, 1.54) is 26.2 Å². The molecule has 0 spiro atoms.